The Labute approximate surface area is 156 Å². The highest BCUT2D eigenvalue weighted by molar-refractivity contribution is 5.95. The van der Waals surface area contributed by atoms with E-state index in [4.69, 9.17) is 0 Å². The first kappa shape index (κ1) is 17.2. The quantitative estimate of drug-likeness (QED) is 0.635. The van der Waals surface area contributed by atoms with E-state index in [9.17, 15) is 9.90 Å². The van der Waals surface area contributed by atoms with Crippen LogP contribution < -0.4 is 10.2 Å². The van der Waals surface area contributed by atoms with Crippen LogP contribution in [-0.4, -0.2) is 50.3 Å². The molecule has 0 fully saturated rings. The fourth-order valence-corrected chi connectivity index (χ4v) is 3.47. The average molecular weight is 364 g/mol. The van der Waals surface area contributed by atoms with Gasteiger partial charge in [-0.15, -0.1) is 10.2 Å². The average Bonchev–Trinajstić information content (AvgIpc) is 3.30. The first-order chi connectivity index (χ1) is 13.1. The Bertz CT molecular complexity index is 941. The minimum Gasteiger partial charge on any atom is -0.394 e. The fraction of sp³-hybridized carbons (Fsp3) is 0.263. The zero-order valence-corrected chi connectivity index (χ0v) is 14.9. The molecular formula is C19H20N6O2. The van der Waals surface area contributed by atoms with Gasteiger partial charge in [0, 0.05) is 16.9 Å². The monoisotopic (exact) mass is 364 g/mol. The number of hydrogen-bond donors (Lipinski definition) is 3. The molecule has 2 aromatic carbocycles. The van der Waals surface area contributed by atoms with E-state index in [1.807, 2.05) is 48.2 Å². The number of H-pyrrole nitrogens is 1. The standard InChI is InChI=1S/C19H20N6O2/c1-19(12-26)10-14-4-2-3-5-16(14)25(19)11-17(27)20-15-8-6-13(7-9-15)18-21-23-24-22-18/h2-9,26H,10-12H2,1H3,(H,20,27)(H,21,22,23,24). The lowest BCUT2D eigenvalue weighted by Crippen LogP contribution is -2.50. The van der Waals surface area contributed by atoms with E-state index in [1.165, 1.54) is 0 Å². The number of carbonyl (C=O) groups is 1. The molecule has 1 aliphatic heterocycles. The van der Waals surface area contributed by atoms with Crippen molar-refractivity contribution < 1.29 is 9.90 Å². The van der Waals surface area contributed by atoms with Crippen LogP contribution >= 0.6 is 0 Å². The first-order valence-electron chi connectivity index (χ1n) is 8.69. The summed E-state index contributed by atoms with van der Waals surface area (Å²) >= 11 is 0. The number of nitrogens with one attached hydrogen (secondary N) is 2. The van der Waals surface area contributed by atoms with Crippen molar-refractivity contribution in [3.63, 3.8) is 0 Å². The molecule has 27 heavy (non-hydrogen) atoms. The molecule has 2 heterocycles. The molecule has 1 aromatic heterocycles. The van der Waals surface area contributed by atoms with Gasteiger partial charge in [-0.3, -0.25) is 4.79 Å². The van der Waals surface area contributed by atoms with E-state index in [0.29, 0.717) is 17.9 Å². The lowest BCUT2D eigenvalue weighted by molar-refractivity contribution is -0.115. The van der Waals surface area contributed by atoms with Crippen LogP contribution in [0.4, 0.5) is 11.4 Å². The maximum Gasteiger partial charge on any atom is 0.243 e. The van der Waals surface area contributed by atoms with Crippen LogP contribution in [-0.2, 0) is 11.2 Å². The van der Waals surface area contributed by atoms with Crippen molar-refractivity contribution in [3.05, 3.63) is 54.1 Å². The van der Waals surface area contributed by atoms with Crippen molar-refractivity contribution in [3.8, 4) is 11.4 Å². The number of para-hydroxylation sites is 1. The van der Waals surface area contributed by atoms with E-state index in [2.05, 4.69) is 25.9 Å². The minimum atomic E-state index is -0.483. The van der Waals surface area contributed by atoms with E-state index in [1.54, 1.807) is 12.1 Å². The number of nitrogens with zero attached hydrogens (tertiary/aromatic N) is 4. The number of benzene rings is 2. The molecule has 3 aromatic rings. The molecule has 0 saturated heterocycles. The topological polar surface area (TPSA) is 107 Å². The SMILES string of the molecule is CC1(CO)Cc2ccccc2N1CC(=O)Nc1ccc(-c2nn[nH]n2)cc1. The zero-order chi connectivity index (χ0) is 18.9. The van der Waals surface area contributed by atoms with Crippen LogP contribution in [0.2, 0.25) is 0 Å². The summed E-state index contributed by atoms with van der Waals surface area (Å²) in [4.78, 5) is 14.6. The Kier molecular flexibility index (Phi) is 4.33. The molecule has 0 radical (unpaired) electrons. The zero-order valence-electron chi connectivity index (χ0n) is 14.9. The van der Waals surface area contributed by atoms with Gasteiger partial charge in [0.25, 0.3) is 0 Å². The highest BCUT2D eigenvalue weighted by Gasteiger charge is 2.40. The van der Waals surface area contributed by atoms with Crippen molar-refractivity contribution in [2.45, 2.75) is 18.9 Å². The Hall–Kier alpha value is -3.26. The predicted molar refractivity (Wildman–Crippen MR) is 101 cm³/mol. The first-order valence-corrected chi connectivity index (χ1v) is 8.69. The third-order valence-corrected chi connectivity index (χ3v) is 4.92. The maximum atomic E-state index is 12.6. The molecule has 8 heteroatoms. The Balaban J connectivity index is 1.47. The van der Waals surface area contributed by atoms with Crippen LogP contribution in [0, 0.1) is 0 Å². The lowest BCUT2D eigenvalue weighted by atomic mass is 9.98. The molecule has 1 aliphatic rings. The lowest BCUT2D eigenvalue weighted by Gasteiger charge is -2.35. The van der Waals surface area contributed by atoms with Gasteiger partial charge in [0.1, 0.15) is 0 Å². The van der Waals surface area contributed by atoms with Crippen LogP contribution in [0.25, 0.3) is 11.4 Å². The van der Waals surface area contributed by atoms with Crippen molar-refractivity contribution in [2.24, 2.45) is 0 Å². The van der Waals surface area contributed by atoms with Crippen LogP contribution in [0.5, 0.6) is 0 Å². The third-order valence-electron chi connectivity index (χ3n) is 4.92. The number of amides is 1. The Morgan fingerprint density at radius 1 is 1.26 bits per heavy atom. The number of rotatable bonds is 5. The van der Waals surface area contributed by atoms with Gasteiger partial charge in [-0.2, -0.15) is 5.21 Å². The summed E-state index contributed by atoms with van der Waals surface area (Å²) in [5.41, 5.74) is 3.15. The number of aromatic nitrogens is 4. The Morgan fingerprint density at radius 3 is 2.74 bits per heavy atom. The number of anilines is 2. The largest absolute Gasteiger partial charge is 0.394 e. The Morgan fingerprint density at radius 2 is 2.04 bits per heavy atom. The summed E-state index contributed by atoms with van der Waals surface area (Å²) in [6.07, 6.45) is 0.715. The van der Waals surface area contributed by atoms with Gasteiger partial charge in [-0.05, 0) is 54.5 Å². The fourth-order valence-electron chi connectivity index (χ4n) is 3.47. The molecule has 1 atom stereocenters. The molecule has 8 nitrogen and oxygen atoms in total. The predicted octanol–water partition coefficient (Wildman–Crippen LogP) is 1.62. The summed E-state index contributed by atoms with van der Waals surface area (Å²) in [6.45, 7) is 2.12. The summed E-state index contributed by atoms with van der Waals surface area (Å²) in [5, 5.41) is 26.6. The second kappa shape index (κ2) is 6.81. The van der Waals surface area contributed by atoms with Gasteiger partial charge in [0.05, 0.1) is 18.7 Å². The van der Waals surface area contributed by atoms with E-state index >= 15 is 0 Å². The number of hydrogen-bond acceptors (Lipinski definition) is 6. The summed E-state index contributed by atoms with van der Waals surface area (Å²) in [5.74, 6) is 0.360. The summed E-state index contributed by atoms with van der Waals surface area (Å²) in [6, 6.07) is 15.2. The van der Waals surface area contributed by atoms with Gasteiger partial charge in [-0.1, -0.05) is 18.2 Å². The summed E-state index contributed by atoms with van der Waals surface area (Å²) < 4.78 is 0. The van der Waals surface area contributed by atoms with Crippen LogP contribution in [0.1, 0.15) is 12.5 Å². The second-order valence-electron chi connectivity index (χ2n) is 6.91. The highest BCUT2D eigenvalue weighted by atomic mass is 16.3. The second-order valence-corrected chi connectivity index (χ2v) is 6.91. The molecule has 0 bridgehead atoms. The molecule has 0 saturated carbocycles. The van der Waals surface area contributed by atoms with Crippen LogP contribution in [0.3, 0.4) is 0 Å². The van der Waals surface area contributed by atoms with Gasteiger partial charge >= 0.3 is 0 Å². The minimum absolute atomic E-state index is 0.0195. The number of carbonyl (C=O) groups excluding carboxylic acids is 1. The maximum absolute atomic E-state index is 12.6. The molecule has 0 spiro atoms. The van der Waals surface area contributed by atoms with Gasteiger partial charge < -0.3 is 15.3 Å². The number of fused-ring (bicyclic) bond motifs is 1. The van der Waals surface area contributed by atoms with Gasteiger partial charge in [0.15, 0.2) is 0 Å². The number of tetrazole rings is 1. The van der Waals surface area contributed by atoms with Crippen molar-refractivity contribution in [1.29, 1.82) is 0 Å². The molecule has 1 unspecified atom stereocenters. The van der Waals surface area contributed by atoms with Crippen molar-refractivity contribution in [1.82, 2.24) is 20.6 Å². The van der Waals surface area contributed by atoms with Gasteiger partial charge in [-0.25, -0.2) is 0 Å². The molecule has 0 aliphatic carbocycles. The third kappa shape index (κ3) is 3.26. The van der Waals surface area contributed by atoms with Crippen LogP contribution in [0.15, 0.2) is 48.5 Å². The molecule has 138 valence electrons. The number of aliphatic hydroxyl groups is 1. The van der Waals surface area contributed by atoms with Gasteiger partial charge in [0.2, 0.25) is 11.7 Å². The van der Waals surface area contributed by atoms with E-state index in [0.717, 1.165) is 16.8 Å². The van der Waals surface area contributed by atoms with Crippen molar-refractivity contribution in [2.75, 3.05) is 23.4 Å². The smallest absolute Gasteiger partial charge is 0.243 e. The highest BCUT2D eigenvalue weighted by Crippen LogP contribution is 2.38. The van der Waals surface area contributed by atoms with E-state index in [-0.39, 0.29) is 19.1 Å². The molecule has 3 N–H and O–H groups in total. The normalized spacial score (nSPS) is 18.4. The molecular weight excluding hydrogens is 344 g/mol. The summed E-state index contributed by atoms with van der Waals surface area (Å²) in [7, 11) is 0. The van der Waals surface area contributed by atoms with Crippen molar-refractivity contribution >= 4 is 17.3 Å². The molecule has 4 rings (SSSR count). The molecule has 1 amide bonds. The van der Waals surface area contributed by atoms with E-state index < -0.39 is 5.54 Å². The number of aromatic amines is 1. The number of aliphatic hydroxyl groups excluding tert-OH is 1.